The van der Waals surface area contributed by atoms with E-state index in [2.05, 4.69) is 37.5 Å². The number of halogens is 2. The maximum absolute atomic E-state index is 14.6. The first kappa shape index (κ1) is 23.6. The summed E-state index contributed by atoms with van der Waals surface area (Å²) in [5.74, 6) is 0.229. The lowest BCUT2D eigenvalue weighted by atomic mass is 10.1. The Morgan fingerprint density at radius 3 is 2.94 bits per heavy atom. The summed E-state index contributed by atoms with van der Waals surface area (Å²) in [6.45, 7) is 1.71. The number of pyridine rings is 1. The minimum absolute atomic E-state index is 0.187. The summed E-state index contributed by atoms with van der Waals surface area (Å²) < 4.78 is 14.6. The van der Waals surface area contributed by atoms with Crippen LogP contribution in [0.3, 0.4) is 0 Å². The summed E-state index contributed by atoms with van der Waals surface area (Å²) in [6.07, 6.45) is 9.03. The minimum atomic E-state index is -0.435. The van der Waals surface area contributed by atoms with Gasteiger partial charge in [-0.2, -0.15) is 0 Å². The van der Waals surface area contributed by atoms with Gasteiger partial charge in [0.25, 0.3) is 5.91 Å². The van der Waals surface area contributed by atoms with Crippen LogP contribution >= 0.6 is 11.6 Å². The molecule has 1 aromatic carbocycles. The second-order valence-electron chi connectivity index (χ2n) is 9.17. The molecule has 0 radical (unpaired) electrons. The molecule has 3 heterocycles. The third-order valence-electron chi connectivity index (χ3n) is 6.86. The first-order valence-electron chi connectivity index (χ1n) is 12.0. The minimum Gasteiger partial charge on any atom is -0.352 e. The Morgan fingerprint density at radius 1 is 1.23 bits per heavy atom. The first-order chi connectivity index (χ1) is 17.0. The van der Waals surface area contributed by atoms with E-state index in [9.17, 15) is 9.18 Å². The highest BCUT2D eigenvalue weighted by Gasteiger charge is 2.24. The molecule has 5 rings (SSSR count). The highest BCUT2D eigenvalue weighted by Crippen LogP contribution is 2.33. The largest absolute Gasteiger partial charge is 0.352 e. The fourth-order valence-corrected chi connectivity index (χ4v) is 5.10. The van der Waals surface area contributed by atoms with Gasteiger partial charge >= 0.3 is 0 Å². The summed E-state index contributed by atoms with van der Waals surface area (Å²) in [6, 6.07) is 6.61. The zero-order chi connectivity index (χ0) is 24.4. The van der Waals surface area contributed by atoms with E-state index in [1.54, 1.807) is 18.5 Å². The van der Waals surface area contributed by atoms with Crippen LogP contribution in [0.25, 0.3) is 11.4 Å². The number of hydrogen-bond acceptors (Lipinski definition) is 6. The van der Waals surface area contributed by atoms with E-state index in [4.69, 9.17) is 11.6 Å². The number of anilines is 2. The van der Waals surface area contributed by atoms with E-state index < -0.39 is 5.82 Å². The van der Waals surface area contributed by atoms with Gasteiger partial charge in [0.1, 0.15) is 11.6 Å². The molecule has 1 atom stereocenters. The SMILES string of the molecule is CN1CCCC1CCNC(=O)c1cnccc1Nc1nc(-c2cc(Cl)ccc2F)nc2c1CCC2. The Bertz CT molecular complexity index is 1250. The topological polar surface area (TPSA) is 83.0 Å². The van der Waals surface area contributed by atoms with Gasteiger partial charge in [-0.25, -0.2) is 14.4 Å². The number of aromatic nitrogens is 3. The Hall–Kier alpha value is -3.10. The number of aryl methyl sites for hydroxylation is 1. The number of benzene rings is 1. The third kappa shape index (κ3) is 5.13. The maximum atomic E-state index is 14.6. The lowest BCUT2D eigenvalue weighted by Gasteiger charge is -2.19. The molecule has 0 spiro atoms. The predicted molar refractivity (Wildman–Crippen MR) is 135 cm³/mol. The summed E-state index contributed by atoms with van der Waals surface area (Å²) >= 11 is 6.11. The van der Waals surface area contributed by atoms with Crippen LogP contribution in [0.4, 0.5) is 15.9 Å². The van der Waals surface area contributed by atoms with E-state index in [1.165, 1.54) is 31.0 Å². The van der Waals surface area contributed by atoms with Crippen molar-refractivity contribution >= 4 is 29.0 Å². The second-order valence-corrected chi connectivity index (χ2v) is 9.60. The smallest absolute Gasteiger partial charge is 0.254 e. The molecule has 1 saturated heterocycles. The average Bonchev–Trinajstić information content (AvgIpc) is 3.50. The van der Waals surface area contributed by atoms with Crippen molar-refractivity contribution in [3.63, 3.8) is 0 Å². The van der Waals surface area contributed by atoms with Gasteiger partial charge in [0.2, 0.25) is 0 Å². The van der Waals surface area contributed by atoms with E-state index >= 15 is 0 Å². The molecule has 1 amide bonds. The normalized spacial score (nSPS) is 17.4. The summed E-state index contributed by atoms with van der Waals surface area (Å²) in [5, 5.41) is 6.77. The molecule has 3 aromatic rings. The van der Waals surface area contributed by atoms with Crippen LogP contribution in [-0.2, 0) is 12.8 Å². The van der Waals surface area contributed by atoms with Crippen LogP contribution in [0.5, 0.6) is 0 Å². The molecule has 2 N–H and O–H groups in total. The van der Waals surface area contributed by atoms with Gasteiger partial charge in [0, 0.05) is 41.3 Å². The van der Waals surface area contributed by atoms with Crippen molar-refractivity contribution in [2.24, 2.45) is 0 Å². The maximum Gasteiger partial charge on any atom is 0.254 e. The van der Waals surface area contributed by atoms with Crippen molar-refractivity contribution in [3.05, 3.63) is 64.3 Å². The van der Waals surface area contributed by atoms with Crippen LogP contribution in [0.15, 0.2) is 36.7 Å². The molecular weight excluding hydrogens is 467 g/mol. The Kier molecular flexibility index (Phi) is 6.92. The number of carbonyl (C=O) groups is 1. The van der Waals surface area contributed by atoms with Crippen LogP contribution in [0.1, 0.15) is 47.3 Å². The van der Waals surface area contributed by atoms with Crippen LogP contribution < -0.4 is 10.6 Å². The Morgan fingerprint density at radius 2 is 2.11 bits per heavy atom. The molecule has 182 valence electrons. The highest BCUT2D eigenvalue weighted by atomic mass is 35.5. The number of fused-ring (bicyclic) bond motifs is 1. The number of nitrogens with zero attached hydrogens (tertiary/aromatic N) is 4. The van der Waals surface area contributed by atoms with Crippen molar-refractivity contribution in [2.75, 3.05) is 25.5 Å². The number of hydrogen-bond donors (Lipinski definition) is 2. The van der Waals surface area contributed by atoms with Crippen molar-refractivity contribution in [1.29, 1.82) is 0 Å². The number of amides is 1. The van der Waals surface area contributed by atoms with Gasteiger partial charge in [-0.15, -0.1) is 0 Å². The van der Waals surface area contributed by atoms with Crippen LogP contribution in [0, 0.1) is 5.82 Å². The monoisotopic (exact) mass is 494 g/mol. The summed E-state index contributed by atoms with van der Waals surface area (Å²) in [4.78, 5) is 28.8. The Balaban J connectivity index is 1.39. The zero-order valence-electron chi connectivity index (χ0n) is 19.7. The Labute approximate surface area is 209 Å². The third-order valence-corrected chi connectivity index (χ3v) is 7.09. The zero-order valence-corrected chi connectivity index (χ0v) is 20.4. The van der Waals surface area contributed by atoms with Crippen LogP contribution in [-0.4, -0.2) is 51.9 Å². The predicted octanol–water partition coefficient (Wildman–Crippen LogP) is 4.78. The fourth-order valence-electron chi connectivity index (χ4n) is 4.93. The molecule has 1 fully saturated rings. The van der Waals surface area contributed by atoms with Gasteiger partial charge < -0.3 is 15.5 Å². The molecule has 35 heavy (non-hydrogen) atoms. The van der Waals surface area contributed by atoms with Gasteiger partial charge in [-0.3, -0.25) is 9.78 Å². The van der Waals surface area contributed by atoms with Crippen molar-refractivity contribution < 1.29 is 9.18 Å². The van der Waals surface area contributed by atoms with Gasteiger partial charge in [0.15, 0.2) is 5.82 Å². The first-order valence-corrected chi connectivity index (χ1v) is 12.4. The number of likely N-dealkylation sites (tertiary alicyclic amines) is 1. The molecule has 0 bridgehead atoms. The molecule has 1 unspecified atom stereocenters. The van der Waals surface area contributed by atoms with E-state index in [1.807, 2.05) is 0 Å². The van der Waals surface area contributed by atoms with Crippen LogP contribution in [0.2, 0.25) is 5.02 Å². The molecule has 1 aliphatic heterocycles. The van der Waals surface area contributed by atoms with E-state index in [0.717, 1.165) is 43.5 Å². The fraction of sp³-hybridized carbons (Fsp3) is 0.385. The molecule has 0 saturated carbocycles. The molecule has 2 aromatic heterocycles. The average molecular weight is 495 g/mol. The second kappa shape index (κ2) is 10.3. The highest BCUT2D eigenvalue weighted by molar-refractivity contribution is 6.30. The summed E-state index contributed by atoms with van der Waals surface area (Å²) in [7, 11) is 2.13. The molecule has 9 heteroatoms. The number of carbonyl (C=O) groups excluding carboxylic acids is 1. The van der Waals surface area contributed by atoms with Gasteiger partial charge in [-0.1, -0.05) is 11.6 Å². The van der Waals surface area contributed by atoms with E-state index in [0.29, 0.717) is 34.7 Å². The number of rotatable bonds is 7. The lowest BCUT2D eigenvalue weighted by Crippen LogP contribution is -2.32. The van der Waals surface area contributed by atoms with Gasteiger partial charge in [0.05, 0.1) is 16.8 Å². The molecular formula is C26H28ClFN6O. The van der Waals surface area contributed by atoms with Crippen molar-refractivity contribution in [2.45, 2.75) is 44.6 Å². The quantitative estimate of drug-likeness (QED) is 0.492. The molecule has 1 aliphatic carbocycles. The van der Waals surface area contributed by atoms with Gasteiger partial charge in [-0.05, 0) is 76.4 Å². The number of nitrogens with one attached hydrogen (secondary N) is 2. The molecule has 7 nitrogen and oxygen atoms in total. The van der Waals surface area contributed by atoms with Crippen molar-refractivity contribution in [3.8, 4) is 11.4 Å². The molecule has 2 aliphatic rings. The standard InChI is InChI=1S/C26H28ClFN6O/c1-34-13-3-4-17(34)9-12-30-26(35)20-15-29-11-10-23(20)32-24-18-5-2-6-22(18)31-25(33-24)19-14-16(27)7-8-21(19)28/h7-8,10-11,14-15,17H,2-6,9,12-13H2,1H3,(H,30,35)(H,29,31,32,33). The van der Waals surface area contributed by atoms with Crippen molar-refractivity contribution in [1.82, 2.24) is 25.2 Å². The lowest BCUT2D eigenvalue weighted by molar-refractivity contribution is 0.0951. The summed E-state index contributed by atoms with van der Waals surface area (Å²) in [5.41, 5.74) is 3.16. The van der Waals surface area contributed by atoms with E-state index in [-0.39, 0.29) is 17.3 Å².